The highest BCUT2D eigenvalue weighted by Crippen LogP contribution is 2.34. The fourth-order valence-corrected chi connectivity index (χ4v) is 4.45. The molecule has 2 heterocycles. The molecule has 5 nitrogen and oxygen atoms in total. The minimum absolute atomic E-state index is 0.0213. The van der Waals surface area contributed by atoms with Crippen LogP contribution in [0.3, 0.4) is 0 Å². The summed E-state index contributed by atoms with van der Waals surface area (Å²) in [6.45, 7) is 7.75. The molecule has 1 unspecified atom stereocenters. The van der Waals surface area contributed by atoms with Gasteiger partial charge in [0.1, 0.15) is 0 Å². The zero-order valence-corrected chi connectivity index (χ0v) is 17.2. The molecule has 27 heavy (non-hydrogen) atoms. The van der Waals surface area contributed by atoms with E-state index in [0.29, 0.717) is 18.2 Å². The third-order valence-corrected chi connectivity index (χ3v) is 6.50. The first kappa shape index (κ1) is 19.8. The number of amides is 2. The maximum absolute atomic E-state index is 12.8. The van der Waals surface area contributed by atoms with Crippen molar-refractivity contribution >= 4 is 22.5 Å². The lowest BCUT2D eigenvalue weighted by atomic mass is 9.76. The van der Waals surface area contributed by atoms with Gasteiger partial charge in [-0.3, -0.25) is 5.32 Å². The van der Waals surface area contributed by atoms with Crippen LogP contribution in [0, 0.1) is 5.41 Å². The SMILES string of the molecule is CC(C)(C)c1cnc(NC(=O)N2CCCC(CO)(Cc3ccccc3)C2)s1. The first-order valence-electron chi connectivity index (χ1n) is 9.48. The van der Waals surface area contributed by atoms with Crippen LogP contribution in [0.5, 0.6) is 0 Å². The summed E-state index contributed by atoms with van der Waals surface area (Å²) < 4.78 is 0. The van der Waals surface area contributed by atoms with E-state index in [4.69, 9.17) is 0 Å². The molecule has 1 aromatic carbocycles. The molecule has 0 spiro atoms. The van der Waals surface area contributed by atoms with E-state index in [2.05, 4.69) is 43.2 Å². The Hall–Kier alpha value is -1.92. The quantitative estimate of drug-likeness (QED) is 0.822. The van der Waals surface area contributed by atoms with E-state index in [1.165, 1.54) is 16.9 Å². The predicted molar refractivity (Wildman–Crippen MR) is 110 cm³/mol. The van der Waals surface area contributed by atoms with Gasteiger partial charge in [0.25, 0.3) is 0 Å². The number of piperidine rings is 1. The summed E-state index contributed by atoms with van der Waals surface area (Å²) in [6.07, 6.45) is 4.43. The first-order valence-corrected chi connectivity index (χ1v) is 10.3. The van der Waals surface area contributed by atoms with Gasteiger partial charge in [-0.05, 0) is 30.2 Å². The Bertz CT molecular complexity index is 769. The molecule has 1 aromatic heterocycles. The fourth-order valence-electron chi connectivity index (χ4n) is 3.59. The van der Waals surface area contributed by atoms with E-state index in [1.807, 2.05) is 29.3 Å². The highest BCUT2D eigenvalue weighted by Gasteiger charge is 2.37. The van der Waals surface area contributed by atoms with Crippen LogP contribution in [-0.2, 0) is 11.8 Å². The Balaban J connectivity index is 1.67. The van der Waals surface area contributed by atoms with E-state index in [1.54, 1.807) is 0 Å². The molecule has 2 aromatic rings. The van der Waals surface area contributed by atoms with Gasteiger partial charge in [0.2, 0.25) is 0 Å². The molecule has 1 aliphatic heterocycles. The van der Waals surface area contributed by atoms with Crippen molar-refractivity contribution in [1.82, 2.24) is 9.88 Å². The molecule has 146 valence electrons. The minimum Gasteiger partial charge on any atom is -0.396 e. The van der Waals surface area contributed by atoms with Gasteiger partial charge >= 0.3 is 6.03 Å². The molecule has 1 atom stereocenters. The number of carbonyl (C=O) groups excluding carboxylic acids is 1. The Labute approximate surface area is 165 Å². The Morgan fingerprint density at radius 3 is 2.70 bits per heavy atom. The summed E-state index contributed by atoms with van der Waals surface area (Å²) in [6, 6.07) is 10.1. The van der Waals surface area contributed by atoms with Crippen LogP contribution in [0.2, 0.25) is 0 Å². The van der Waals surface area contributed by atoms with Crippen LogP contribution >= 0.6 is 11.3 Å². The molecule has 2 amide bonds. The molecule has 1 saturated heterocycles. The van der Waals surface area contributed by atoms with Gasteiger partial charge in [-0.2, -0.15) is 0 Å². The highest BCUT2D eigenvalue weighted by molar-refractivity contribution is 7.15. The van der Waals surface area contributed by atoms with Gasteiger partial charge in [-0.1, -0.05) is 51.1 Å². The lowest BCUT2D eigenvalue weighted by Gasteiger charge is -2.41. The number of nitrogens with zero attached hydrogens (tertiary/aromatic N) is 2. The number of aliphatic hydroxyl groups excluding tert-OH is 1. The van der Waals surface area contributed by atoms with E-state index in [-0.39, 0.29) is 23.5 Å². The molecule has 0 radical (unpaired) electrons. The summed E-state index contributed by atoms with van der Waals surface area (Å²) in [7, 11) is 0. The van der Waals surface area contributed by atoms with Gasteiger partial charge in [-0.15, -0.1) is 11.3 Å². The normalized spacial score (nSPS) is 20.5. The number of rotatable bonds is 4. The molecular weight excluding hydrogens is 358 g/mol. The zero-order chi connectivity index (χ0) is 19.5. The van der Waals surface area contributed by atoms with Crippen LogP contribution in [0.25, 0.3) is 0 Å². The van der Waals surface area contributed by atoms with E-state index in [9.17, 15) is 9.90 Å². The van der Waals surface area contributed by atoms with Gasteiger partial charge in [0.05, 0.1) is 6.61 Å². The van der Waals surface area contributed by atoms with Crippen LogP contribution in [0.1, 0.15) is 44.1 Å². The Morgan fingerprint density at radius 1 is 1.33 bits per heavy atom. The average Bonchev–Trinajstić information content (AvgIpc) is 3.12. The smallest absolute Gasteiger partial charge is 0.323 e. The number of aliphatic hydroxyl groups is 1. The third-order valence-electron chi connectivity index (χ3n) is 5.16. The molecule has 0 saturated carbocycles. The highest BCUT2D eigenvalue weighted by atomic mass is 32.1. The lowest BCUT2D eigenvalue weighted by molar-refractivity contribution is 0.0500. The molecule has 3 rings (SSSR count). The second-order valence-electron chi connectivity index (χ2n) is 8.56. The number of benzene rings is 1. The lowest BCUT2D eigenvalue weighted by Crippen LogP contribution is -2.50. The van der Waals surface area contributed by atoms with Crippen LogP contribution < -0.4 is 5.32 Å². The van der Waals surface area contributed by atoms with Crippen molar-refractivity contribution in [2.45, 2.75) is 45.4 Å². The van der Waals surface area contributed by atoms with E-state index >= 15 is 0 Å². The number of anilines is 1. The number of hydrogen-bond donors (Lipinski definition) is 2. The molecule has 1 aliphatic rings. The van der Waals surface area contributed by atoms with Crippen molar-refractivity contribution in [2.75, 3.05) is 25.0 Å². The maximum Gasteiger partial charge on any atom is 0.323 e. The third kappa shape index (κ3) is 4.87. The van der Waals surface area contributed by atoms with Crippen LogP contribution in [0.4, 0.5) is 9.93 Å². The first-order chi connectivity index (χ1) is 12.8. The summed E-state index contributed by atoms with van der Waals surface area (Å²) in [5, 5.41) is 13.7. The number of aromatic nitrogens is 1. The maximum atomic E-state index is 12.8. The second-order valence-corrected chi connectivity index (χ2v) is 9.59. The standard InChI is InChI=1S/C21H29N3O2S/c1-20(2,3)17-13-22-18(27-17)23-19(26)24-11-7-10-21(14-24,15-25)12-16-8-5-4-6-9-16/h4-6,8-9,13,25H,7,10-12,14-15H2,1-3H3,(H,22,23,26). The molecule has 1 fully saturated rings. The topological polar surface area (TPSA) is 65.5 Å². The van der Waals surface area contributed by atoms with Gasteiger partial charge in [-0.25, -0.2) is 9.78 Å². The van der Waals surface area contributed by atoms with Crippen molar-refractivity contribution in [3.8, 4) is 0 Å². The Morgan fingerprint density at radius 2 is 2.07 bits per heavy atom. The molecule has 0 bridgehead atoms. The number of nitrogens with one attached hydrogen (secondary N) is 1. The summed E-state index contributed by atoms with van der Waals surface area (Å²) in [5.74, 6) is 0. The average molecular weight is 388 g/mol. The number of thiazole rings is 1. The Kier molecular flexibility index (Phi) is 5.86. The zero-order valence-electron chi connectivity index (χ0n) is 16.4. The molecule has 2 N–H and O–H groups in total. The van der Waals surface area contributed by atoms with Gasteiger partial charge in [0, 0.05) is 29.6 Å². The van der Waals surface area contributed by atoms with E-state index < -0.39 is 0 Å². The summed E-state index contributed by atoms with van der Waals surface area (Å²) in [4.78, 5) is 20.1. The minimum atomic E-state index is -0.281. The van der Waals surface area contributed by atoms with Crippen LogP contribution in [0.15, 0.2) is 36.5 Å². The summed E-state index contributed by atoms with van der Waals surface area (Å²) in [5.41, 5.74) is 0.938. The van der Waals surface area contributed by atoms with Gasteiger partial charge in [0.15, 0.2) is 5.13 Å². The molecule has 0 aliphatic carbocycles. The van der Waals surface area contributed by atoms with Gasteiger partial charge < -0.3 is 10.0 Å². The van der Waals surface area contributed by atoms with Crippen LogP contribution in [-0.4, -0.2) is 40.7 Å². The molecular formula is C21H29N3O2S. The van der Waals surface area contributed by atoms with E-state index in [0.717, 1.165) is 24.1 Å². The second kappa shape index (κ2) is 7.98. The number of urea groups is 1. The number of carbonyl (C=O) groups is 1. The van der Waals surface area contributed by atoms with Crippen molar-refractivity contribution in [3.05, 3.63) is 47.0 Å². The number of likely N-dealkylation sites (tertiary alicyclic amines) is 1. The van der Waals surface area contributed by atoms with Crippen molar-refractivity contribution in [2.24, 2.45) is 5.41 Å². The number of hydrogen-bond acceptors (Lipinski definition) is 4. The van der Waals surface area contributed by atoms with Crippen molar-refractivity contribution in [3.63, 3.8) is 0 Å². The molecule has 6 heteroatoms. The predicted octanol–water partition coefficient (Wildman–Crippen LogP) is 4.29. The van der Waals surface area contributed by atoms with Crippen molar-refractivity contribution < 1.29 is 9.90 Å². The summed E-state index contributed by atoms with van der Waals surface area (Å²) >= 11 is 1.52. The largest absolute Gasteiger partial charge is 0.396 e. The van der Waals surface area contributed by atoms with Crippen molar-refractivity contribution in [1.29, 1.82) is 0 Å². The fraction of sp³-hybridized carbons (Fsp3) is 0.524. The monoisotopic (exact) mass is 387 g/mol.